The highest BCUT2D eigenvalue weighted by Gasteiger charge is 2.17. The number of H-pyrrole nitrogens is 1. The fourth-order valence-electron chi connectivity index (χ4n) is 2.24. The zero-order chi connectivity index (χ0) is 14.3. The Balaban J connectivity index is 2.15. The van der Waals surface area contributed by atoms with Gasteiger partial charge in [-0.2, -0.15) is 0 Å². The van der Waals surface area contributed by atoms with Crippen molar-refractivity contribution in [2.24, 2.45) is 0 Å². The minimum absolute atomic E-state index is 0.0793. The van der Waals surface area contributed by atoms with Crippen molar-refractivity contribution in [3.63, 3.8) is 0 Å². The van der Waals surface area contributed by atoms with E-state index >= 15 is 0 Å². The van der Waals surface area contributed by atoms with Crippen LogP contribution in [0.25, 0.3) is 10.9 Å². The standard InChI is InChI=1S/C16H11BrFNO/c1-9-2-5-15-12(6-9)13(8-19-15)16(20)11-4-3-10(17)7-14(11)18/h2-8,19H,1H3. The molecule has 2 nitrogen and oxygen atoms in total. The van der Waals surface area contributed by atoms with E-state index in [1.807, 2.05) is 25.1 Å². The van der Waals surface area contributed by atoms with Crippen LogP contribution < -0.4 is 0 Å². The number of carbonyl (C=O) groups is 1. The number of aryl methyl sites for hydroxylation is 1. The van der Waals surface area contributed by atoms with E-state index in [0.717, 1.165) is 16.5 Å². The van der Waals surface area contributed by atoms with Gasteiger partial charge in [0.25, 0.3) is 0 Å². The molecule has 20 heavy (non-hydrogen) atoms. The molecule has 0 radical (unpaired) electrons. The van der Waals surface area contributed by atoms with Crippen molar-refractivity contribution >= 4 is 32.6 Å². The molecule has 0 bridgehead atoms. The lowest BCUT2D eigenvalue weighted by Gasteiger charge is -2.03. The number of carbonyl (C=O) groups excluding carboxylic acids is 1. The van der Waals surface area contributed by atoms with Crippen LogP contribution in [0.2, 0.25) is 0 Å². The van der Waals surface area contributed by atoms with Crippen molar-refractivity contribution in [3.8, 4) is 0 Å². The highest BCUT2D eigenvalue weighted by atomic mass is 79.9. The number of hydrogen-bond acceptors (Lipinski definition) is 1. The third-order valence-corrected chi connectivity index (χ3v) is 3.75. The van der Waals surface area contributed by atoms with Crippen LogP contribution in [0.5, 0.6) is 0 Å². The van der Waals surface area contributed by atoms with E-state index in [9.17, 15) is 9.18 Å². The van der Waals surface area contributed by atoms with Crippen LogP contribution in [0.4, 0.5) is 4.39 Å². The SMILES string of the molecule is Cc1ccc2[nH]cc(C(=O)c3ccc(Br)cc3F)c2c1. The maximum atomic E-state index is 13.9. The monoisotopic (exact) mass is 331 g/mol. The molecular weight excluding hydrogens is 321 g/mol. The first-order valence-corrected chi connectivity index (χ1v) is 6.93. The molecule has 0 saturated carbocycles. The van der Waals surface area contributed by atoms with Crippen LogP contribution in [-0.2, 0) is 0 Å². The van der Waals surface area contributed by atoms with Gasteiger partial charge in [-0.3, -0.25) is 4.79 Å². The lowest BCUT2D eigenvalue weighted by atomic mass is 10.0. The summed E-state index contributed by atoms with van der Waals surface area (Å²) in [6.07, 6.45) is 1.63. The number of nitrogens with one attached hydrogen (secondary N) is 1. The van der Waals surface area contributed by atoms with E-state index in [1.54, 1.807) is 12.3 Å². The van der Waals surface area contributed by atoms with Gasteiger partial charge in [0.2, 0.25) is 0 Å². The minimum atomic E-state index is -0.522. The highest BCUT2D eigenvalue weighted by molar-refractivity contribution is 9.10. The molecule has 2 aromatic carbocycles. The summed E-state index contributed by atoms with van der Waals surface area (Å²) >= 11 is 3.19. The van der Waals surface area contributed by atoms with E-state index < -0.39 is 5.82 Å². The Morgan fingerprint density at radius 1 is 1.15 bits per heavy atom. The largest absolute Gasteiger partial charge is 0.360 e. The van der Waals surface area contributed by atoms with Gasteiger partial charge in [-0.05, 0) is 37.3 Å². The first-order valence-electron chi connectivity index (χ1n) is 6.14. The normalized spacial score (nSPS) is 10.9. The Morgan fingerprint density at radius 3 is 2.70 bits per heavy atom. The van der Waals surface area contributed by atoms with Gasteiger partial charge >= 0.3 is 0 Å². The van der Waals surface area contributed by atoms with E-state index in [2.05, 4.69) is 20.9 Å². The van der Waals surface area contributed by atoms with Crippen molar-refractivity contribution in [1.82, 2.24) is 4.98 Å². The predicted octanol–water partition coefficient (Wildman–Crippen LogP) is 4.61. The summed E-state index contributed by atoms with van der Waals surface area (Å²) in [4.78, 5) is 15.5. The average Bonchev–Trinajstić information content (AvgIpc) is 2.81. The molecule has 0 spiro atoms. The molecule has 1 N–H and O–H groups in total. The molecule has 3 aromatic rings. The summed E-state index contributed by atoms with van der Waals surface area (Å²) in [6.45, 7) is 1.96. The number of fused-ring (bicyclic) bond motifs is 1. The number of benzene rings is 2. The first kappa shape index (κ1) is 13.1. The molecule has 0 saturated heterocycles. The molecule has 0 atom stereocenters. The Bertz CT molecular complexity index is 822. The summed E-state index contributed by atoms with van der Waals surface area (Å²) in [5.41, 5.74) is 2.50. The molecule has 0 aliphatic rings. The summed E-state index contributed by atoms with van der Waals surface area (Å²) in [7, 11) is 0. The van der Waals surface area contributed by atoms with Gasteiger partial charge in [-0.15, -0.1) is 0 Å². The van der Waals surface area contributed by atoms with Gasteiger partial charge in [0.1, 0.15) is 5.82 Å². The minimum Gasteiger partial charge on any atom is -0.360 e. The molecule has 3 rings (SSSR count). The van der Waals surface area contributed by atoms with Gasteiger partial charge in [0.15, 0.2) is 5.78 Å². The van der Waals surface area contributed by atoms with Crippen molar-refractivity contribution in [2.75, 3.05) is 0 Å². The molecule has 100 valence electrons. The van der Waals surface area contributed by atoms with Gasteiger partial charge in [0.05, 0.1) is 5.56 Å². The molecule has 0 fully saturated rings. The number of aromatic amines is 1. The van der Waals surface area contributed by atoms with Crippen LogP contribution in [-0.4, -0.2) is 10.8 Å². The number of halogens is 2. The first-order chi connectivity index (χ1) is 9.56. The maximum Gasteiger partial charge on any atom is 0.198 e. The van der Waals surface area contributed by atoms with E-state index in [-0.39, 0.29) is 11.3 Å². The van der Waals surface area contributed by atoms with E-state index in [1.165, 1.54) is 12.1 Å². The van der Waals surface area contributed by atoms with Gasteiger partial charge < -0.3 is 4.98 Å². The van der Waals surface area contributed by atoms with Crippen LogP contribution in [0.15, 0.2) is 47.1 Å². The third kappa shape index (κ3) is 2.16. The fourth-order valence-corrected chi connectivity index (χ4v) is 2.57. The van der Waals surface area contributed by atoms with Gasteiger partial charge in [-0.25, -0.2) is 4.39 Å². The number of rotatable bonds is 2. The van der Waals surface area contributed by atoms with Crippen LogP contribution in [0.1, 0.15) is 21.5 Å². The summed E-state index contributed by atoms with van der Waals surface area (Å²) < 4.78 is 14.5. The molecule has 0 unspecified atom stereocenters. The highest BCUT2D eigenvalue weighted by Crippen LogP contribution is 2.24. The summed E-state index contributed by atoms with van der Waals surface area (Å²) in [5, 5.41) is 0.817. The molecule has 0 aliphatic heterocycles. The number of aromatic nitrogens is 1. The maximum absolute atomic E-state index is 13.9. The summed E-state index contributed by atoms with van der Waals surface area (Å²) in [6, 6.07) is 10.3. The van der Waals surface area contributed by atoms with Gasteiger partial charge in [-0.1, -0.05) is 27.6 Å². The molecule has 1 aromatic heterocycles. The second-order valence-corrected chi connectivity index (χ2v) is 5.62. The van der Waals surface area contributed by atoms with E-state index in [0.29, 0.717) is 10.0 Å². The van der Waals surface area contributed by atoms with Gasteiger partial charge in [0, 0.05) is 27.1 Å². The average molecular weight is 332 g/mol. The molecule has 1 heterocycles. The lowest BCUT2D eigenvalue weighted by Crippen LogP contribution is -2.03. The lowest BCUT2D eigenvalue weighted by molar-refractivity contribution is 0.103. The van der Waals surface area contributed by atoms with Crippen LogP contribution >= 0.6 is 15.9 Å². The van der Waals surface area contributed by atoms with Crippen molar-refractivity contribution in [3.05, 3.63) is 69.6 Å². The predicted molar refractivity (Wildman–Crippen MR) is 80.6 cm³/mol. The number of ketones is 1. The van der Waals surface area contributed by atoms with Crippen LogP contribution in [0.3, 0.4) is 0 Å². The van der Waals surface area contributed by atoms with Crippen molar-refractivity contribution < 1.29 is 9.18 Å². The topological polar surface area (TPSA) is 32.9 Å². The third-order valence-electron chi connectivity index (χ3n) is 3.26. The smallest absolute Gasteiger partial charge is 0.198 e. The zero-order valence-electron chi connectivity index (χ0n) is 10.7. The summed E-state index contributed by atoms with van der Waals surface area (Å²) in [5.74, 6) is -0.835. The second-order valence-electron chi connectivity index (χ2n) is 4.70. The van der Waals surface area contributed by atoms with E-state index in [4.69, 9.17) is 0 Å². The van der Waals surface area contributed by atoms with Crippen molar-refractivity contribution in [1.29, 1.82) is 0 Å². The quantitative estimate of drug-likeness (QED) is 0.683. The molecule has 0 amide bonds. The van der Waals surface area contributed by atoms with Crippen LogP contribution in [0, 0.1) is 12.7 Å². The Morgan fingerprint density at radius 2 is 1.95 bits per heavy atom. The zero-order valence-corrected chi connectivity index (χ0v) is 12.3. The Hall–Kier alpha value is -1.94. The Kier molecular flexibility index (Phi) is 3.18. The Labute approximate surface area is 123 Å². The second kappa shape index (κ2) is 4.87. The molecule has 4 heteroatoms. The molecular formula is C16H11BrFNO. The number of hydrogen-bond donors (Lipinski definition) is 1. The molecule has 0 aliphatic carbocycles. The fraction of sp³-hybridized carbons (Fsp3) is 0.0625. The van der Waals surface area contributed by atoms with Crippen molar-refractivity contribution in [2.45, 2.75) is 6.92 Å².